The summed E-state index contributed by atoms with van der Waals surface area (Å²) in [6.45, 7) is 3.00. The van der Waals surface area contributed by atoms with Gasteiger partial charge in [-0.2, -0.15) is 0 Å². The minimum atomic E-state index is 0.285. The highest BCUT2D eigenvalue weighted by molar-refractivity contribution is 6.35. The molecule has 0 bridgehead atoms. The van der Waals surface area contributed by atoms with Crippen molar-refractivity contribution in [1.82, 2.24) is 4.90 Å². The van der Waals surface area contributed by atoms with Crippen LogP contribution in [0, 0.1) is 0 Å². The van der Waals surface area contributed by atoms with E-state index in [2.05, 4.69) is 40.1 Å². The molecule has 0 amide bonds. The van der Waals surface area contributed by atoms with E-state index >= 15 is 0 Å². The third-order valence-electron chi connectivity index (χ3n) is 5.59. The zero-order chi connectivity index (χ0) is 17.0. The number of benzene rings is 2. The molecule has 0 N–H and O–H groups in total. The second kappa shape index (κ2) is 5.93. The fourth-order valence-electron chi connectivity index (χ4n) is 4.58. The molecule has 25 heavy (non-hydrogen) atoms. The van der Waals surface area contributed by atoms with E-state index in [1.165, 1.54) is 16.8 Å². The second-order valence-electron chi connectivity index (χ2n) is 6.94. The normalized spacial score (nSPS) is 24.5. The van der Waals surface area contributed by atoms with Crippen LogP contribution in [0.5, 0.6) is 0 Å². The number of hydrogen-bond donors (Lipinski definition) is 0. The van der Waals surface area contributed by atoms with Crippen LogP contribution in [0.2, 0.25) is 10.0 Å². The van der Waals surface area contributed by atoms with Gasteiger partial charge in [-0.25, -0.2) is 0 Å². The van der Waals surface area contributed by atoms with E-state index < -0.39 is 0 Å². The lowest BCUT2D eigenvalue weighted by atomic mass is 9.92. The van der Waals surface area contributed by atoms with Crippen LogP contribution in [-0.2, 0) is 0 Å². The van der Waals surface area contributed by atoms with Crippen molar-refractivity contribution in [3.05, 3.63) is 63.6 Å². The lowest BCUT2D eigenvalue weighted by molar-refractivity contribution is 0.275. The van der Waals surface area contributed by atoms with E-state index in [9.17, 15) is 0 Å². The third kappa shape index (κ3) is 2.37. The third-order valence-corrected chi connectivity index (χ3v) is 6.15. The molecule has 3 heterocycles. The Labute approximate surface area is 157 Å². The molecule has 2 aromatic rings. The van der Waals surface area contributed by atoms with Gasteiger partial charge in [0.05, 0.1) is 0 Å². The summed E-state index contributed by atoms with van der Waals surface area (Å²) >= 11 is 12.7. The number of anilines is 1. The molecule has 0 spiro atoms. The summed E-state index contributed by atoms with van der Waals surface area (Å²) < 4.78 is 0. The number of hydrogen-bond acceptors (Lipinski definition) is 3. The summed E-state index contributed by atoms with van der Waals surface area (Å²) in [6.07, 6.45) is 2.48. The van der Waals surface area contributed by atoms with Crippen molar-refractivity contribution < 1.29 is 0 Å². The van der Waals surface area contributed by atoms with Gasteiger partial charge in [0, 0.05) is 46.8 Å². The van der Waals surface area contributed by atoms with Gasteiger partial charge in [0.25, 0.3) is 0 Å². The highest BCUT2D eigenvalue weighted by Crippen LogP contribution is 2.45. The fraction of sp³-hybridized carbons (Fsp3) is 0.350. The van der Waals surface area contributed by atoms with Crippen LogP contribution in [0.25, 0.3) is 0 Å². The summed E-state index contributed by atoms with van der Waals surface area (Å²) in [4.78, 5) is 9.91. The molecule has 128 valence electrons. The Morgan fingerprint density at radius 2 is 1.88 bits per heavy atom. The number of aliphatic imine (C=N–C) groups is 1. The van der Waals surface area contributed by atoms with Crippen molar-refractivity contribution in [2.45, 2.75) is 24.9 Å². The Hall–Kier alpha value is -1.71. The van der Waals surface area contributed by atoms with Crippen LogP contribution < -0.4 is 4.90 Å². The summed E-state index contributed by atoms with van der Waals surface area (Å²) in [5.41, 5.74) is 3.76. The molecule has 2 atom stereocenters. The molecule has 3 aliphatic rings. The van der Waals surface area contributed by atoms with Crippen LogP contribution in [-0.4, -0.2) is 36.5 Å². The van der Waals surface area contributed by atoms with Gasteiger partial charge >= 0.3 is 0 Å². The van der Waals surface area contributed by atoms with Gasteiger partial charge < -0.3 is 9.80 Å². The number of para-hydroxylation sites is 1. The molecule has 5 rings (SSSR count). The number of nitrogens with zero attached hydrogens (tertiary/aromatic N) is 3. The first-order valence-corrected chi connectivity index (χ1v) is 9.62. The lowest BCUT2D eigenvalue weighted by Gasteiger charge is -2.47. The molecule has 0 saturated carbocycles. The van der Waals surface area contributed by atoms with Gasteiger partial charge in [-0.15, -0.1) is 0 Å². The summed E-state index contributed by atoms with van der Waals surface area (Å²) in [5.74, 6) is 1.52. The number of amidine groups is 1. The highest BCUT2D eigenvalue weighted by atomic mass is 35.5. The summed E-state index contributed by atoms with van der Waals surface area (Å²) in [5, 5.41) is 1.46. The second-order valence-corrected chi connectivity index (χ2v) is 7.78. The topological polar surface area (TPSA) is 18.8 Å². The Morgan fingerprint density at radius 1 is 1.00 bits per heavy atom. The molecule has 5 heteroatoms. The number of fused-ring (bicyclic) bond motifs is 6. The first-order chi connectivity index (χ1) is 12.2. The molecule has 1 fully saturated rings. The van der Waals surface area contributed by atoms with Crippen molar-refractivity contribution in [2.75, 3.05) is 24.5 Å². The fourth-order valence-corrected chi connectivity index (χ4v) is 5.13. The van der Waals surface area contributed by atoms with Crippen LogP contribution >= 0.6 is 23.2 Å². The maximum absolute atomic E-state index is 6.56. The average molecular weight is 372 g/mol. The maximum Gasteiger partial charge on any atom is 0.134 e. The van der Waals surface area contributed by atoms with Crippen LogP contribution in [0.3, 0.4) is 0 Å². The highest BCUT2D eigenvalue weighted by Gasteiger charge is 2.45. The Kier molecular flexibility index (Phi) is 3.68. The number of rotatable bonds is 1. The average Bonchev–Trinajstić information content (AvgIpc) is 3.07. The first-order valence-electron chi connectivity index (χ1n) is 8.86. The van der Waals surface area contributed by atoms with Crippen LogP contribution in [0.4, 0.5) is 5.69 Å². The molecule has 1 saturated heterocycles. The molecular weight excluding hydrogens is 353 g/mol. The molecule has 2 unspecified atom stereocenters. The van der Waals surface area contributed by atoms with Gasteiger partial charge in [-0.3, -0.25) is 4.99 Å². The molecule has 0 aromatic heterocycles. The Balaban J connectivity index is 1.64. The summed E-state index contributed by atoms with van der Waals surface area (Å²) in [6, 6.07) is 14.6. The zero-order valence-corrected chi connectivity index (χ0v) is 15.3. The van der Waals surface area contributed by atoms with E-state index in [0.717, 1.165) is 43.3 Å². The standard InChI is InChI=1S/C20H19Cl2N3/c21-13-6-7-14(17(22)12-13)15-8-11-24-18-5-2-1-4-16(18)19-23-9-3-10-25(19)20(15)24/h1-2,4-7,12,15,20H,3,8-11H2. The van der Waals surface area contributed by atoms with Gasteiger partial charge in [-0.05, 0) is 42.7 Å². The van der Waals surface area contributed by atoms with E-state index in [0.29, 0.717) is 10.9 Å². The van der Waals surface area contributed by atoms with Gasteiger partial charge in [0.15, 0.2) is 0 Å². The Bertz CT molecular complexity index is 864. The summed E-state index contributed by atoms with van der Waals surface area (Å²) in [7, 11) is 0. The first kappa shape index (κ1) is 15.5. The van der Waals surface area contributed by atoms with E-state index in [-0.39, 0.29) is 6.17 Å². The van der Waals surface area contributed by atoms with Crippen LogP contribution in [0.15, 0.2) is 47.5 Å². The minimum Gasteiger partial charge on any atom is -0.350 e. The predicted octanol–water partition coefficient (Wildman–Crippen LogP) is 4.78. The van der Waals surface area contributed by atoms with Crippen molar-refractivity contribution in [3.63, 3.8) is 0 Å². The lowest BCUT2D eigenvalue weighted by Crippen LogP contribution is -2.56. The van der Waals surface area contributed by atoms with Crippen molar-refractivity contribution in [3.8, 4) is 0 Å². The van der Waals surface area contributed by atoms with Gasteiger partial charge in [-0.1, -0.05) is 41.4 Å². The number of halogens is 2. The zero-order valence-electron chi connectivity index (χ0n) is 13.8. The van der Waals surface area contributed by atoms with Crippen molar-refractivity contribution in [2.24, 2.45) is 4.99 Å². The van der Waals surface area contributed by atoms with Gasteiger partial charge in [0.1, 0.15) is 12.0 Å². The Morgan fingerprint density at radius 3 is 2.76 bits per heavy atom. The van der Waals surface area contributed by atoms with E-state index in [1.54, 1.807) is 0 Å². The monoisotopic (exact) mass is 371 g/mol. The molecular formula is C20H19Cl2N3. The van der Waals surface area contributed by atoms with E-state index in [4.69, 9.17) is 28.2 Å². The largest absolute Gasteiger partial charge is 0.350 e. The van der Waals surface area contributed by atoms with Crippen LogP contribution in [0.1, 0.15) is 29.9 Å². The smallest absolute Gasteiger partial charge is 0.134 e. The SMILES string of the molecule is Clc1ccc(C2CCN3c4ccccc4C4=NCCCN4C23)c(Cl)c1. The van der Waals surface area contributed by atoms with Gasteiger partial charge in [0.2, 0.25) is 0 Å². The molecule has 0 aliphatic carbocycles. The molecule has 0 radical (unpaired) electrons. The molecule has 3 aliphatic heterocycles. The minimum absolute atomic E-state index is 0.285. The molecule has 3 nitrogen and oxygen atoms in total. The van der Waals surface area contributed by atoms with Crippen molar-refractivity contribution in [1.29, 1.82) is 0 Å². The molecule has 2 aromatic carbocycles. The predicted molar refractivity (Wildman–Crippen MR) is 104 cm³/mol. The van der Waals surface area contributed by atoms with E-state index in [1.807, 2.05) is 12.1 Å². The maximum atomic E-state index is 6.56. The quantitative estimate of drug-likeness (QED) is 0.718. The van der Waals surface area contributed by atoms with Crippen molar-refractivity contribution >= 4 is 34.7 Å².